The molecule has 0 aliphatic heterocycles. The van der Waals surface area contributed by atoms with E-state index in [4.69, 9.17) is 5.11 Å². The average Bonchev–Trinajstić information content (AvgIpc) is 2.70. The number of carbonyl (C=O) groups is 1. The Labute approximate surface area is 95.8 Å². The van der Waals surface area contributed by atoms with Gasteiger partial charge in [0.2, 0.25) is 0 Å². The van der Waals surface area contributed by atoms with Gasteiger partial charge in [-0.05, 0) is 19.1 Å². The van der Waals surface area contributed by atoms with Crippen LogP contribution in [0, 0.1) is 6.92 Å². The second-order valence-electron chi connectivity index (χ2n) is 3.16. The van der Waals surface area contributed by atoms with Gasteiger partial charge < -0.3 is 10.4 Å². The lowest BCUT2D eigenvalue weighted by molar-refractivity contribution is 0.0691. The zero-order valence-electron chi connectivity index (χ0n) is 8.47. The van der Waals surface area contributed by atoms with Crippen LogP contribution in [-0.2, 0) is 0 Å². The molecule has 0 aliphatic carbocycles. The molecule has 0 amide bonds. The SMILES string of the molecule is Cc1ccc(Nc2nc(C(=O)O)cs2)cn1. The lowest BCUT2D eigenvalue weighted by Gasteiger charge is -2.01. The number of thiazole rings is 1. The first-order valence-electron chi connectivity index (χ1n) is 4.53. The number of carboxylic acids is 1. The molecule has 2 heterocycles. The van der Waals surface area contributed by atoms with E-state index in [1.807, 2.05) is 19.1 Å². The molecule has 0 unspecified atom stereocenters. The van der Waals surface area contributed by atoms with E-state index in [0.29, 0.717) is 5.13 Å². The van der Waals surface area contributed by atoms with Gasteiger partial charge in [0.05, 0.1) is 11.9 Å². The van der Waals surface area contributed by atoms with Crippen LogP contribution in [0.1, 0.15) is 16.2 Å². The molecule has 0 radical (unpaired) electrons. The fourth-order valence-electron chi connectivity index (χ4n) is 1.09. The van der Waals surface area contributed by atoms with Crippen molar-refractivity contribution in [3.8, 4) is 0 Å². The lowest BCUT2D eigenvalue weighted by Crippen LogP contribution is -1.97. The molecule has 0 atom stereocenters. The molecule has 0 aromatic carbocycles. The number of aromatic nitrogens is 2. The monoisotopic (exact) mass is 235 g/mol. The summed E-state index contributed by atoms with van der Waals surface area (Å²) in [5, 5.41) is 13.7. The number of rotatable bonds is 3. The molecule has 0 fully saturated rings. The summed E-state index contributed by atoms with van der Waals surface area (Å²) in [6.45, 7) is 1.90. The molecule has 2 aromatic heterocycles. The first-order valence-corrected chi connectivity index (χ1v) is 5.41. The highest BCUT2D eigenvalue weighted by Crippen LogP contribution is 2.20. The van der Waals surface area contributed by atoms with Crippen LogP contribution in [0.2, 0.25) is 0 Å². The van der Waals surface area contributed by atoms with Crippen LogP contribution in [-0.4, -0.2) is 21.0 Å². The number of hydrogen-bond acceptors (Lipinski definition) is 5. The number of nitrogens with zero attached hydrogens (tertiary/aromatic N) is 2. The molecular weight excluding hydrogens is 226 g/mol. The average molecular weight is 235 g/mol. The van der Waals surface area contributed by atoms with Crippen LogP contribution in [0.4, 0.5) is 10.8 Å². The molecule has 0 saturated carbocycles. The molecule has 0 bridgehead atoms. The lowest BCUT2D eigenvalue weighted by atomic mass is 10.3. The minimum atomic E-state index is -1.02. The van der Waals surface area contributed by atoms with Crippen LogP contribution in [0.15, 0.2) is 23.7 Å². The summed E-state index contributed by atoms with van der Waals surface area (Å²) in [6.07, 6.45) is 1.68. The van der Waals surface area contributed by atoms with Gasteiger partial charge >= 0.3 is 5.97 Å². The molecule has 5 nitrogen and oxygen atoms in total. The number of aryl methyl sites for hydroxylation is 1. The maximum absolute atomic E-state index is 10.6. The van der Waals surface area contributed by atoms with E-state index in [1.165, 1.54) is 16.7 Å². The van der Waals surface area contributed by atoms with Crippen LogP contribution in [0.3, 0.4) is 0 Å². The quantitative estimate of drug-likeness (QED) is 0.853. The minimum absolute atomic E-state index is 0.0487. The maximum atomic E-state index is 10.6. The van der Waals surface area contributed by atoms with Crippen molar-refractivity contribution in [2.75, 3.05) is 5.32 Å². The summed E-state index contributed by atoms with van der Waals surface area (Å²) in [5.74, 6) is -1.02. The summed E-state index contributed by atoms with van der Waals surface area (Å²) in [4.78, 5) is 18.6. The molecule has 2 N–H and O–H groups in total. The molecule has 2 aromatic rings. The maximum Gasteiger partial charge on any atom is 0.355 e. The third-order valence-electron chi connectivity index (χ3n) is 1.89. The van der Waals surface area contributed by atoms with Crippen LogP contribution in [0.5, 0.6) is 0 Å². The molecule has 6 heteroatoms. The van der Waals surface area contributed by atoms with Crippen molar-refractivity contribution in [1.29, 1.82) is 0 Å². The normalized spacial score (nSPS) is 10.1. The van der Waals surface area contributed by atoms with Crippen molar-refractivity contribution in [2.24, 2.45) is 0 Å². The van der Waals surface area contributed by atoms with E-state index in [-0.39, 0.29) is 5.69 Å². The Hall–Kier alpha value is -1.95. The molecule has 0 saturated heterocycles. The third-order valence-corrected chi connectivity index (χ3v) is 2.64. The summed E-state index contributed by atoms with van der Waals surface area (Å²) < 4.78 is 0. The van der Waals surface area contributed by atoms with Gasteiger partial charge in [0.15, 0.2) is 10.8 Å². The summed E-state index contributed by atoms with van der Waals surface area (Å²) in [6, 6.07) is 3.73. The third kappa shape index (κ3) is 2.34. The Balaban J connectivity index is 2.14. The molecule has 0 aliphatic rings. The van der Waals surface area contributed by atoms with Crippen molar-refractivity contribution in [3.63, 3.8) is 0 Å². The van der Waals surface area contributed by atoms with Gasteiger partial charge in [0.25, 0.3) is 0 Å². The standard InChI is InChI=1S/C10H9N3O2S/c1-6-2-3-7(4-11-6)12-10-13-8(5-16-10)9(14)15/h2-5H,1H3,(H,12,13)(H,14,15). The molecule has 2 rings (SSSR count). The van der Waals surface area contributed by atoms with Gasteiger partial charge in [-0.2, -0.15) is 0 Å². The number of aromatic carboxylic acids is 1. The van der Waals surface area contributed by atoms with Gasteiger partial charge in [0, 0.05) is 11.1 Å². The highest BCUT2D eigenvalue weighted by atomic mass is 32.1. The van der Waals surface area contributed by atoms with Crippen LogP contribution >= 0.6 is 11.3 Å². The van der Waals surface area contributed by atoms with E-state index in [1.54, 1.807) is 6.20 Å². The van der Waals surface area contributed by atoms with Crippen molar-refractivity contribution in [2.45, 2.75) is 6.92 Å². The van der Waals surface area contributed by atoms with Crippen LogP contribution in [0.25, 0.3) is 0 Å². The predicted octanol–water partition coefficient (Wildman–Crippen LogP) is 2.29. The Bertz CT molecular complexity index is 507. The fourth-order valence-corrected chi connectivity index (χ4v) is 1.80. The van der Waals surface area contributed by atoms with Crippen molar-refractivity contribution >= 4 is 28.1 Å². The first kappa shape index (κ1) is 10.6. The molecule has 0 spiro atoms. The summed E-state index contributed by atoms with van der Waals surface area (Å²) in [7, 11) is 0. The largest absolute Gasteiger partial charge is 0.476 e. The number of anilines is 2. The second kappa shape index (κ2) is 4.28. The van der Waals surface area contributed by atoms with E-state index in [0.717, 1.165) is 11.4 Å². The zero-order chi connectivity index (χ0) is 11.5. The van der Waals surface area contributed by atoms with E-state index < -0.39 is 5.97 Å². The predicted molar refractivity (Wildman–Crippen MR) is 61.3 cm³/mol. The number of pyridine rings is 1. The van der Waals surface area contributed by atoms with Gasteiger partial charge in [-0.25, -0.2) is 9.78 Å². The fraction of sp³-hybridized carbons (Fsp3) is 0.100. The zero-order valence-corrected chi connectivity index (χ0v) is 9.28. The van der Waals surface area contributed by atoms with Crippen molar-refractivity contribution in [3.05, 3.63) is 35.1 Å². The Morgan fingerprint density at radius 3 is 2.88 bits per heavy atom. The molecular formula is C10H9N3O2S. The van der Waals surface area contributed by atoms with Gasteiger partial charge in [-0.1, -0.05) is 0 Å². The molecule has 16 heavy (non-hydrogen) atoms. The number of nitrogens with one attached hydrogen (secondary N) is 1. The van der Waals surface area contributed by atoms with Gasteiger partial charge in [0.1, 0.15) is 0 Å². The minimum Gasteiger partial charge on any atom is -0.476 e. The molecule has 82 valence electrons. The Kier molecular flexibility index (Phi) is 2.82. The highest BCUT2D eigenvalue weighted by molar-refractivity contribution is 7.14. The Morgan fingerprint density at radius 2 is 2.31 bits per heavy atom. The number of hydrogen-bond donors (Lipinski definition) is 2. The smallest absolute Gasteiger partial charge is 0.355 e. The van der Waals surface area contributed by atoms with Crippen LogP contribution < -0.4 is 5.32 Å². The summed E-state index contributed by atoms with van der Waals surface area (Å²) >= 11 is 1.25. The van der Waals surface area contributed by atoms with Crippen molar-refractivity contribution < 1.29 is 9.90 Å². The summed E-state index contributed by atoms with van der Waals surface area (Å²) in [5.41, 5.74) is 1.76. The van der Waals surface area contributed by atoms with Gasteiger partial charge in [-0.15, -0.1) is 11.3 Å². The second-order valence-corrected chi connectivity index (χ2v) is 4.01. The van der Waals surface area contributed by atoms with Gasteiger partial charge in [-0.3, -0.25) is 4.98 Å². The first-order chi connectivity index (χ1) is 7.65. The topological polar surface area (TPSA) is 75.1 Å². The van der Waals surface area contributed by atoms with E-state index in [2.05, 4.69) is 15.3 Å². The van der Waals surface area contributed by atoms with E-state index >= 15 is 0 Å². The van der Waals surface area contributed by atoms with E-state index in [9.17, 15) is 4.79 Å². The van der Waals surface area contributed by atoms with Crippen molar-refractivity contribution in [1.82, 2.24) is 9.97 Å². The Morgan fingerprint density at radius 1 is 1.50 bits per heavy atom. The highest BCUT2D eigenvalue weighted by Gasteiger charge is 2.08. The number of carboxylic acid groups (broad SMARTS) is 1.